The number of carbonyl (C=O) groups excluding carboxylic acids is 1. The van der Waals surface area contributed by atoms with Gasteiger partial charge in [-0.15, -0.1) is 11.3 Å². The number of carbonyl (C=O) groups is 1. The highest BCUT2D eigenvalue weighted by Gasteiger charge is 2.21. The molecule has 8 heteroatoms. The Balaban J connectivity index is 1.26. The first-order valence-electron chi connectivity index (χ1n) is 9.63. The average molecular weight is 444 g/mol. The van der Waals surface area contributed by atoms with Crippen LogP contribution in [0.5, 0.6) is 5.75 Å². The Kier molecular flexibility index (Phi) is 6.54. The lowest BCUT2D eigenvalue weighted by Gasteiger charge is -2.36. The van der Waals surface area contributed by atoms with Crippen LogP contribution in [0.1, 0.15) is 0 Å². The number of halogens is 1. The summed E-state index contributed by atoms with van der Waals surface area (Å²) in [7, 11) is 1.66. The van der Waals surface area contributed by atoms with Crippen LogP contribution in [0.15, 0.2) is 58.3 Å². The number of benzene rings is 2. The maximum Gasteiger partial charge on any atom is 0.233 e. The van der Waals surface area contributed by atoms with Crippen molar-refractivity contribution < 1.29 is 13.9 Å². The van der Waals surface area contributed by atoms with E-state index in [2.05, 4.69) is 9.88 Å². The molecule has 4 rings (SSSR count). The Hall–Kier alpha value is -2.58. The van der Waals surface area contributed by atoms with E-state index in [0.717, 1.165) is 40.1 Å². The minimum absolute atomic E-state index is 0.132. The summed E-state index contributed by atoms with van der Waals surface area (Å²) in [6, 6.07) is 14.3. The highest BCUT2D eigenvalue weighted by molar-refractivity contribution is 8.01. The van der Waals surface area contributed by atoms with E-state index < -0.39 is 0 Å². The van der Waals surface area contributed by atoms with Gasteiger partial charge in [0.25, 0.3) is 0 Å². The summed E-state index contributed by atoms with van der Waals surface area (Å²) >= 11 is 2.96. The molecule has 0 aliphatic carbocycles. The van der Waals surface area contributed by atoms with E-state index in [4.69, 9.17) is 4.74 Å². The van der Waals surface area contributed by atoms with Gasteiger partial charge in [0.1, 0.15) is 11.6 Å². The van der Waals surface area contributed by atoms with Crippen LogP contribution in [0.25, 0.3) is 11.3 Å². The second-order valence-electron chi connectivity index (χ2n) is 6.86. The smallest absolute Gasteiger partial charge is 0.233 e. The number of aromatic nitrogens is 1. The SMILES string of the molecule is COc1ccc(N2CCN(C(=O)CSc3nc(-c4ccc(F)cc4)cs3)CC2)cc1. The van der Waals surface area contributed by atoms with Crippen molar-refractivity contribution in [3.05, 3.63) is 59.7 Å². The first kappa shape index (κ1) is 20.7. The second-order valence-corrected chi connectivity index (χ2v) is 8.94. The highest BCUT2D eigenvalue weighted by atomic mass is 32.2. The van der Waals surface area contributed by atoms with Crippen LogP contribution < -0.4 is 9.64 Å². The number of amides is 1. The minimum Gasteiger partial charge on any atom is -0.497 e. The van der Waals surface area contributed by atoms with E-state index in [1.807, 2.05) is 34.5 Å². The lowest BCUT2D eigenvalue weighted by Crippen LogP contribution is -2.49. The first-order chi connectivity index (χ1) is 14.6. The first-order valence-corrected chi connectivity index (χ1v) is 11.5. The lowest BCUT2D eigenvalue weighted by atomic mass is 10.2. The summed E-state index contributed by atoms with van der Waals surface area (Å²) in [6.07, 6.45) is 0. The van der Waals surface area contributed by atoms with Crippen molar-refractivity contribution in [2.45, 2.75) is 4.34 Å². The molecule has 1 aliphatic rings. The quantitative estimate of drug-likeness (QED) is 0.529. The third kappa shape index (κ3) is 4.94. The summed E-state index contributed by atoms with van der Waals surface area (Å²) in [5, 5.41) is 1.94. The van der Waals surface area contributed by atoms with Gasteiger partial charge in [0.05, 0.1) is 18.6 Å². The number of rotatable bonds is 6. The van der Waals surface area contributed by atoms with Crippen molar-refractivity contribution in [1.82, 2.24) is 9.88 Å². The van der Waals surface area contributed by atoms with Crippen LogP contribution in [0, 0.1) is 5.82 Å². The van der Waals surface area contributed by atoms with E-state index in [0.29, 0.717) is 18.8 Å². The third-order valence-electron chi connectivity index (χ3n) is 5.01. The molecule has 1 aliphatic heterocycles. The molecule has 2 aromatic carbocycles. The van der Waals surface area contributed by atoms with Crippen molar-refractivity contribution in [2.24, 2.45) is 0 Å². The Morgan fingerprint density at radius 1 is 1.10 bits per heavy atom. The number of thiazole rings is 1. The third-order valence-corrected chi connectivity index (χ3v) is 7.02. The summed E-state index contributed by atoms with van der Waals surface area (Å²) in [5.74, 6) is 1.09. The number of nitrogens with zero attached hydrogens (tertiary/aromatic N) is 3. The zero-order valence-corrected chi connectivity index (χ0v) is 18.2. The average Bonchev–Trinajstić information content (AvgIpc) is 3.27. The zero-order chi connectivity index (χ0) is 20.9. The van der Waals surface area contributed by atoms with Gasteiger partial charge in [-0.1, -0.05) is 11.8 Å². The van der Waals surface area contributed by atoms with Crippen molar-refractivity contribution in [3.63, 3.8) is 0 Å². The summed E-state index contributed by atoms with van der Waals surface area (Å²) in [4.78, 5) is 21.4. The van der Waals surface area contributed by atoms with Crippen molar-refractivity contribution >= 4 is 34.7 Å². The van der Waals surface area contributed by atoms with Crippen LogP contribution in [0.4, 0.5) is 10.1 Å². The van der Waals surface area contributed by atoms with E-state index in [1.54, 1.807) is 19.2 Å². The summed E-state index contributed by atoms with van der Waals surface area (Å²) < 4.78 is 19.1. The number of piperazine rings is 1. The van der Waals surface area contributed by atoms with Crippen LogP contribution >= 0.6 is 23.1 Å². The second kappa shape index (κ2) is 9.49. The van der Waals surface area contributed by atoms with Crippen molar-refractivity contribution in [1.29, 1.82) is 0 Å². The molecule has 1 aromatic heterocycles. The number of methoxy groups -OCH3 is 1. The van der Waals surface area contributed by atoms with Crippen LogP contribution in [-0.2, 0) is 4.79 Å². The van der Waals surface area contributed by atoms with Gasteiger partial charge in [0.2, 0.25) is 5.91 Å². The topological polar surface area (TPSA) is 45.7 Å². The molecule has 2 heterocycles. The Bertz CT molecular complexity index is 984. The molecular formula is C22H22FN3O2S2. The van der Waals surface area contributed by atoms with Crippen LogP contribution in [0.2, 0.25) is 0 Å². The largest absolute Gasteiger partial charge is 0.497 e. The maximum absolute atomic E-state index is 13.1. The molecule has 0 radical (unpaired) electrons. The summed E-state index contributed by atoms with van der Waals surface area (Å²) in [5.41, 5.74) is 2.83. The zero-order valence-electron chi connectivity index (χ0n) is 16.6. The van der Waals surface area contributed by atoms with Gasteiger partial charge < -0.3 is 14.5 Å². The molecule has 0 atom stereocenters. The molecule has 3 aromatic rings. The molecule has 5 nitrogen and oxygen atoms in total. The predicted molar refractivity (Wildman–Crippen MR) is 120 cm³/mol. The molecule has 156 valence electrons. The molecule has 30 heavy (non-hydrogen) atoms. The molecule has 1 saturated heterocycles. The number of ether oxygens (including phenoxy) is 1. The van der Waals surface area contributed by atoms with Gasteiger partial charge in [-0.3, -0.25) is 4.79 Å². The van der Waals surface area contributed by atoms with Crippen molar-refractivity contribution in [2.75, 3.05) is 43.9 Å². The summed E-state index contributed by atoms with van der Waals surface area (Å²) in [6.45, 7) is 3.05. The van der Waals surface area contributed by atoms with E-state index in [-0.39, 0.29) is 11.7 Å². The lowest BCUT2D eigenvalue weighted by molar-refractivity contribution is -0.128. The van der Waals surface area contributed by atoms with E-state index in [9.17, 15) is 9.18 Å². The number of hydrogen-bond acceptors (Lipinski definition) is 6. The molecule has 0 saturated carbocycles. The van der Waals surface area contributed by atoms with Gasteiger partial charge >= 0.3 is 0 Å². The van der Waals surface area contributed by atoms with Crippen LogP contribution in [0.3, 0.4) is 0 Å². The molecule has 0 N–H and O–H groups in total. The number of hydrogen-bond donors (Lipinski definition) is 0. The Morgan fingerprint density at radius 3 is 2.47 bits per heavy atom. The molecule has 0 bridgehead atoms. The monoisotopic (exact) mass is 443 g/mol. The standard InChI is InChI=1S/C22H22FN3O2S2/c1-28-19-8-6-18(7-9-19)25-10-12-26(13-11-25)21(27)15-30-22-24-20(14-29-22)16-2-4-17(23)5-3-16/h2-9,14H,10-13,15H2,1H3. The minimum atomic E-state index is -0.263. The normalized spacial score (nSPS) is 14.1. The fraction of sp³-hybridized carbons (Fsp3) is 0.273. The Morgan fingerprint density at radius 2 is 1.80 bits per heavy atom. The van der Waals surface area contributed by atoms with Crippen molar-refractivity contribution in [3.8, 4) is 17.0 Å². The van der Waals surface area contributed by atoms with Gasteiger partial charge in [-0.05, 0) is 48.5 Å². The fourth-order valence-electron chi connectivity index (χ4n) is 3.30. The highest BCUT2D eigenvalue weighted by Crippen LogP contribution is 2.29. The Labute approximate surface area is 183 Å². The van der Waals surface area contributed by atoms with Gasteiger partial charge in [-0.25, -0.2) is 9.37 Å². The van der Waals surface area contributed by atoms with E-state index in [1.165, 1.54) is 35.2 Å². The number of thioether (sulfide) groups is 1. The molecule has 1 fully saturated rings. The van der Waals surface area contributed by atoms with E-state index >= 15 is 0 Å². The molecule has 0 unspecified atom stereocenters. The van der Waals surface area contributed by atoms with Gasteiger partial charge in [0.15, 0.2) is 4.34 Å². The van der Waals surface area contributed by atoms with Crippen LogP contribution in [-0.4, -0.2) is 54.8 Å². The fourth-order valence-corrected chi connectivity index (χ4v) is 5.04. The van der Waals surface area contributed by atoms with Gasteiger partial charge in [0, 0.05) is 42.8 Å². The van der Waals surface area contributed by atoms with Gasteiger partial charge in [-0.2, -0.15) is 0 Å². The molecule has 1 amide bonds. The maximum atomic E-state index is 13.1. The molecule has 0 spiro atoms. The number of anilines is 1. The predicted octanol–water partition coefficient (Wildman–Crippen LogP) is 4.40. The molecular weight excluding hydrogens is 421 g/mol.